The molecule has 5 nitrogen and oxygen atoms in total. The van der Waals surface area contributed by atoms with Gasteiger partial charge in [-0.2, -0.15) is 0 Å². The average molecular weight is 492 g/mol. The smallest absolute Gasteiger partial charge is 0.333 e. The van der Waals surface area contributed by atoms with Crippen LogP contribution in [0.5, 0.6) is 0 Å². The third-order valence-electron chi connectivity index (χ3n) is 7.47. The molecule has 6 rings (SSSR count). The molecule has 0 radical (unpaired) electrons. The number of ketones is 1. The molecule has 3 aliphatic heterocycles. The number of esters is 1. The number of para-hydroxylation sites is 1. The number of fused-ring (bicyclic) bond motifs is 3. The molecule has 3 fully saturated rings. The summed E-state index contributed by atoms with van der Waals surface area (Å²) in [5, 5.41) is 3.30. The normalized spacial score (nSPS) is 23.6. The van der Waals surface area contributed by atoms with E-state index >= 15 is 0 Å². The van der Waals surface area contributed by atoms with Gasteiger partial charge in [0.25, 0.3) is 0 Å². The van der Waals surface area contributed by atoms with E-state index in [-0.39, 0.29) is 35.9 Å². The molecule has 3 saturated heterocycles. The molecule has 7 heteroatoms. The molecule has 3 aromatic carbocycles. The molecule has 36 heavy (non-hydrogen) atoms. The van der Waals surface area contributed by atoms with Gasteiger partial charge in [0.05, 0.1) is 18.7 Å². The minimum Gasteiger partial charge on any atom is -0.454 e. The second-order valence-electron chi connectivity index (χ2n) is 9.84. The van der Waals surface area contributed by atoms with Crippen LogP contribution in [0.3, 0.4) is 0 Å². The molecule has 2 unspecified atom stereocenters. The predicted octanol–water partition coefficient (Wildman–Crippen LogP) is 5.15. The lowest BCUT2D eigenvalue weighted by molar-refractivity contribution is -0.938. The number of carbonyl (C=O) groups excluding carboxylic acids is 2. The van der Waals surface area contributed by atoms with Crippen molar-refractivity contribution < 1.29 is 27.6 Å². The first-order chi connectivity index (χ1) is 17.4. The average Bonchev–Trinajstić information content (AvgIpc) is 2.88. The minimum atomic E-state index is -0.842. The van der Waals surface area contributed by atoms with Crippen LogP contribution in [0, 0.1) is 17.6 Å². The van der Waals surface area contributed by atoms with Crippen molar-refractivity contribution in [3.63, 3.8) is 0 Å². The highest BCUT2D eigenvalue weighted by Gasteiger charge is 2.49. The number of hydrogen-bond acceptors (Lipinski definition) is 4. The summed E-state index contributed by atoms with van der Waals surface area (Å²) < 4.78 is 34.1. The van der Waals surface area contributed by atoms with Crippen LogP contribution in [0.1, 0.15) is 34.8 Å². The molecule has 1 N–H and O–H groups in total. The number of quaternary nitrogens is 1. The second-order valence-corrected chi connectivity index (χ2v) is 9.84. The maximum Gasteiger partial charge on any atom is 0.333 e. The SMILES string of the molecule is O=C(C[N+]12CCC(CC1)C(OC(=O)C(Nc1ccccc1)c1ccccc1)C2)c1ccc(F)cc1F. The Hall–Kier alpha value is -3.58. The molecule has 2 atom stereocenters. The van der Waals surface area contributed by atoms with Crippen LogP contribution in [-0.2, 0) is 9.53 Å². The van der Waals surface area contributed by atoms with Crippen LogP contribution in [-0.4, -0.2) is 48.5 Å². The van der Waals surface area contributed by atoms with Gasteiger partial charge in [-0.05, 0) is 29.8 Å². The van der Waals surface area contributed by atoms with Gasteiger partial charge in [-0.3, -0.25) is 4.79 Å². The highest BCUT2D eigenvalue weighted by Crippen LogP contribution is 2.37. The minimum absolute atomic E-state index is 0.0960. The Bertz CT molecular complexity index is 1230. The van der Waals surface area contributed by atoms with E-state index in [9.17, 15) is 18.4 Å². The highest BCUT2D eigenvalue weighted by molar-refractivity contribution is 5.97. The number of hydrogen-bond donors (Lipinski definition) is 1. The topological polar surface area (TPSA) is 55.4 Å². The lowest BCUT2D eigenvalue weighted by Gasteiger charge is -2.51. The summed E-state index contributed by atoms with van der Waals surface area (Å²) in [5.74, 6) is -2.03. The lowest BCUT2D eigenvalue weighted by atomic mass is 9.82. The van der Waals surface area contributed by atoms with Crippen LogP contribution in [0.25, 0.3) is 0 Å². The van der Waals surface area contributed by atoms with Crippen molar-refractivity contribution in [2.75, 3.05) is 31.5 Å². The third-order valence-corrected chi connectivity index (χ3v) is 7.47. The fourth-order valence-corrected chi connectivity index (χ4v) is 5.52. The number of nitrogens with zero attached hydrogens (tertiary/aromatic N) is 1. The number of rotatable bonds is 8. The Morgan fingerprint density at radius 2 is 1.61 bits per heavy atom. The largest absolute Gasteiger partial charge is 0.454 e. The number of nitrogens with one attached hydrogen (secondary N) is 1. The summed E-state index contributed by atoms with van der Waals surface area (Å²) >= 11 is 0. The lowest BCUT2D eigenvalue weighted by Crippen LogP contribution is -2.65. The first-order valence-electron chi connectivity index (χ1n) is 12.3. The van der Waals surface area contributed by atoms with Gasteiger partial charge in [0.2, 0.25) is 5.78 Å². The van der Waals surface area contributed by atoms with Crippen molar-refractivity contribution in [3.8, 4) is 0 Å². The van der Waals surface area contributed by atoms with Crippen LogP contribution in [0.4, 0.5) is 14.5 Å². The third kappa shape index (κ3) is 5.16. The van der Waals surface area contributed by atoms with Crippen molar-refractivity contribution >= 4 is 17.4 Å². The molecule has 0 aliphatic carbocycles. The number of ether oxygens (including phenoxy) is 1. The summed E-state index contributed by atoms with van der Waals surface area (Å²) in [4.78, 5) is 26.4. The Kier molecular flexibility index (Phi) is 6.83. The predicted molar refractivity (Wildman–Crippen MR) is 132 cm³/mol. The van der Waals surface area contributed by atoms with E-state index < -0.39 is 17.7 Å². The first-order valence-corrected chi connectivity index (χ1v) is 12.3. The summed E-state index contributed by atoms with van der Waals surface area (Å²) in [6.07, 6.45) is 1.34. The molecular weight excluding hydrogens is 462 g/mol. The number of anilines is 1. The van der Waals surface area contributed by atoms with Gasteiger partial charge in [-0.15, -0.1) is 0 Å². The summed E-state index contributed by atoms with van der Waals surface area (Å²) in [6, 6.07) is 21.3. The second kappa shape index (κ2) is 10.2. The van der Waals surface area contributed by atoms with Gasteiger partial charge >= 0.3 is 5.97 Å². The molecule has 3 aliphatic rings. The summed E-state index contributed by atoms with van der Waals surface area (Å²) in [6.45, 7) is 2.17. The van der Waals surface area contributed by atoms with Crippen molar-refractivity contribution in [3.05, 3.63) is 102 Å². The Morgan fingerprint density at radius 3 is 2.28 bits per heavy atom. The standard InChI is InChI=1S/C29H29F2N2O3/c30-22-11-12-24(25(31)17-22)26(34)18-33-15-13-20(14-16-33)27(19-33)36-29(35)28(21-7-3-1-4-8-21)32-23-9-5-2-6-10-23/h1-12,17,20,27-28,32H,13-16,18-19H2/q+1. The number of Topliss-reactive ketones (excluding diaryl/α,β-unsaturated/α-hetero) is 1. The van der Waals surface area contributed by atoms with Crippen LogP contribution in [0.2, 0.25) is 0 Å². The van der Waals surface area contributed by atoms with Gasteiger partial charge in [0.15, 0.2) is 12.1 Å². The zero-order valence-corrected chi connectivity index (χ0v) is 19.9. The van der Waals surface area contributed by atoms with Crippen molar-refractivity contribution in [2.24, 2.45) is 5.92 Å². The zero-order chi connectivity index (χ0) is 25.1. The fourth-order valence-electron chi connectivity index (χ4n) is 5.52. The molecular formula is C29H29F2N2O3+. The van der Waals surface area contributed by atoms with Crippen molar-refractivity contribution in [1.82, 2.24) is 0 Å². The van der Waals surface area contributed by atoms with E-state index in [0.717, 1.165) is 49.3 Å². The Labute approximate surface area is 209 Å². The molecule has 2 bridgehead atoms. The molecule has 186 valence electrons. The molecule has 0 spiro atoms. The summed E-state index contributed by atoms with van der Waals surface area (Å²) in [7, 11) is 0. The molecule has 0 amide bonds. The number of piperidine rings is 3. The zero-order valence-electron chi connectivity index (χ0n) is 19.9. The van der Waals surface area contributed by atoms with Gasteiger partial charge in [0.1, 0.15) is 24.7 Å². The molecule has 3 aromatic rings. The van der Waals surface area contributed by atoms with Gasteiger partial charge in [-0.25, -0.2) is 13.6 Å². The maximum atomic E-state index is 14.2. The van der Waals surface area contributed by atoms with E-state index in [2.05, 4.69) is 5.32 Å². The van der Waals surface area contributed by atoms with E-state index in [1.165, 1.54) is 6.07 Å². The van der Waals surface area contributed by atoms with Crippen LogP contribution >= 0.6 is 0 Å². The van der Waals surface area contributed by atoms with Crippen molar-refractivity contribution in [1.29, 1.82) is 0 Å². The fraction of sp³-hybridized carbons (Fsp3) is 0.310. The van der Waals surface area contributed by atoms with Gasteiger partial charge in [0, 0.05) is 30.5 Å². The maximum absolute atomic E-state index is 14.2. The highest BCUT2D eigenvalue weighted by atomic mass is 19.1. The number of halogens is 2. The quantitative estimate of drug-likeness (QED) is 0.269. The number of carbonyl (C=O) groups is 2. The Balaban J connectivity index is 1.31. The van der Waals surface area contributed by atoms with E-state index in [1.54, 1.807) is 0 Å². The monoisotopic (exact) mass is 491 g/mol. The molecule has 0 saturated carbocycles. The first kappa shape index (κ1) is 24.1. The van der Waals surface area contributed by atoms with E-state index in [4.69, 9.17) is 4.74 Å². The van der Waals surface area contributed by atoms with Gasteiger partial charge in [-0.1, -0.05) is 48.5 Å². The van der Waals surface area contributed by atoms with Crippen LogP contribution < -0.4 is 5.32 Å². The van der Waals surface area contributed by atoms with Crippen molar-refractivity contribution in [2.45, 2.75) is 25.0 Å². The molecule has 0 aromatic heterocycles. The van der Waals surface area contributed by atoms with Gasteiger partial charge < -0.3 is 14.5 Å². The molecule has 3 heterocycles. The van der Waals surface area contributed by atoms with Crippen LogP contribution in [0.15, 0.2) is 78.9 Å². The van der Waals surface area contributed by atoms with E-state index in [0.29, 0.717) is 11.0 Å². The van der Waals surface area contributed by atoms with E-state index in [1.807, 2.05) is 60.7 Å². The number of benzene rings is 3. The summed E-state index contributed by atoms with van der Waals surface area (Å²) in [5.41, 5.74) is 1.52. The Morgan fingerprint density at radius 1 is 0.944 bits per heavy atom.